The molecule has 2 N–H and O–H groups in total. The van der Waals surface area contributed by atoms with Crippen molar-refractivity contribution in [3.05, 3.63) is 52.6 Å². The highest BCUT2D eigenvalue weighted by atomic mass is 35.5. The van der Waals surface area contributed by atoms with Gasteiger partial charge in [-0.3, -0.25) is 9.52 Å². The molecule has 1 fully saturated rings. The Kier molecular flexibility index (Phi) is 5.83. The number of benzene rings is 2. The Hall–Kier alpha value is -2.60. The van der Waals surface area contributed by atoms with Gasteiger partial charge in [-0.05, 0) is 31.0 Å². The first kappa shape index (κ1) is 22.1. The molecule has 0 saturated heterocycles. The summed E-state index contributed by atoms with van der Waals surface area (Å²) < 4.78 is 95.5. The average Bonchev–Trinajstić information content (AvgIpc) is 3.44. The first-order chi connectivity index (χ1) is 13.9. The van der Waals surface area contributed by atoms with Crippen LogP contribution in [0.15, 0.2) is 30.3 Å². The molecule has 0 radical (unpaired) electrons. The van der Waals surface area contributed by atoms with E-state index in [2.05, 4.69) is 4.74 Å². The summed E-state index contributed by atoms with van der Waals surface area (Å²) >= 11 is 5.66. The Morgan fingerprint density at radius 1 is 1.13 bits per heavy atom. The van der Waals surface area contributed by atoms with Crippen molar-refractivity contribution >= 4 is 27.4 Å². The van der Waals surface area contributed by atoms with Crippen LogP contribution in [0.1, 0.15) is 23.2 Å². The van der Waals surface area contributed by atoms with Gasteiger partial charge in [0.1, 0.15) is 27.2 Å². The van der Waals surface area contributed by atoms with Crippen LogP contribution in [-0.2, 0) is 9.92 Å². The fraction of sp³-hybridized carbons (Fsp3) is 0.235. The molecule has 0 aromatic heterocycles. The molecule has 0 heterocycles. The standard InChI is InChI=1S/C17H12ClF5N2O4S/c18-11-5-8(1-4-14(11)29-17(21,22)23)28-15-7-12(19)10(6-13(15)20)16(26)25-30(24,27)9-2-3-9/h1,4-7,9H,2-3H2,(H2,24,25,26,27). The van der Waals surface area contributed by atoms with Gasteiger partial charge in [-0.1, -0.05) is 11.6 Å². The van der Waals surface area contributed by atoms with Gasteiger partial charge in [0, 0.05) is 12.1 Å². The molecule has 13 heteroatoms. The maximum atomic E-state index is 14.3. The number of halogens is 6. The number of rotatable bonds is 6. The van der Waals surface area contributed by atoms with Gasteiger partial charge in [0.25, 0.3) is 5.91 Å². The molecular weight excluding hydrogens is 459 g/mol. The van der Waals surface area contributed by atoms with Crippen LogP contribution in [-0.4, -0.2) is 21.7 Å². The molecule has 6 nitrogen and oxygen atoms in total. The van der Waals surface area contributed by atoms with E-state index in [1.165, 1.54) is 0 Å². The molecule has 30 heavy (non-hydrogen) atoms. The number of ether oxygens (including phenoxy) is 2. The van der Waals surface area contributed by atoms with Crippen molar-refractivity contribution in [3.8, 4) is 17.2 Å². The molecule has 1 amide bonds. The smallest absolute Gasteiger partial charge is 0.454 e. The number of amides is 1. The minimum absolute atomic E-state index is 0.229. The van der Waals surface area contributed by atoms with E-state index in [4.69, 9.17) is 21.1 Å². The summed E-state index contributed by atoms with van der Waals surface area (Å²) in [6, 6.07) is 3.72. The maximum absolute atomic E-state index is 14.3. The van der Waals surface area contributed by atoms with Crippen molar-refractivity contribution in [1.82, 2.24) is 4.72 Å². The van der Waals surface area contributed by atoms with Gasteiger partial charge >= 0.3 is 6.36 Å². The van der Waals surface area contributed by atoms with Gasteiger partial charge in [-0.15, -0.1) is 13.2 Å². The van der Waals surface area contributed by atoms with Crippen LogP contribution in [0, 0.1) is 16.4 Å². The van der Waals surface area contributed by atoms with E-state index in [9.17, 15) is 31.0 Å². The predicted molar refractivity (Wildman–Crippen MR) is 95.9 cm³/mol. The molecule has 2 aromatic rings. The lowest BCUT2D eigenvalue weighted by Crippen LogP contribution is -2.32. The average molecular weight is 471 g/mol. The normalized spacial score (nSPS) is 15.9. The molecule has 162 valence electrons. The summed E-state index contributed by atoms with van der Waals surface area (Å²) in [6.45, 7) is 0. The lowest BCUT2D eigenvalue weighted by atomic mass is 10.2. The maximum Gasteiger partial charge on any atom is 0.573 e. The molecule has 3 rings (SSSR count). The molecule has 1 aliphatic carbocycles. The summed E-state index contributed by atoms with van der Waals surface area (Å²) in [5.41, 5.74) is -0.785. The van der Waals surface area contributed by atoms with Crippen molar-refractivity contribution in [3.63, 3.8) is 0 Å². The van der Waals surface area contributed by atoms with Gasteiger partial charge in [0.2, 0.25) is 0 Å². The zero-order valence-corrected chi connectivity index (χ0v) is 16.3. The summed E-state index contributed by atoms with van der Waals surface area (Å²) in [7, 11) is -3.47. The lowest BCUT2D eigenvalue weighted by Gasteiger charge is -2.13. The summed E-state index contributed by atoms with van der Waals surface area (Å²) in [4.78, 5) is 12.1. The molecule has 0 aliphatic heterocycles. The van der Waals surface area contributed by atoms with Crippen molar-refractivity contribution in [2.45, 2.75) is 24.5 Å². The molecule has 1 atom stereocenters. The number of hydrogen-bond donors (Lipinski definition) is 2. The van der Waals surface area contributed by atoms with E-state index in [-0.39, 0.29) is 5.75 Å². The summed E-state index contributed by atoms with van der Waals surface area (Å²) in [6.07, 6.45) is -4.00. The number of nitrogens with one attached hydrogen (secondary N) is 2. The summed E-state index contributed by atoms with van der Waals surface area (Å²) in [5, 5.41) is -1.02. The topological polar surface area (TPSA) is 88.5 Å². The van der Waals surface area contributed by atoms with E-state index in [0.717, 1.165) is 18.2 Å². The zero-order valence-electron chi connectivity index (χ0n) is 14.7. The van der Waals surface area contributed by atoms with Crippen LogP contribution in [0.25, 0.3) is 0 Å². The molecule has 2 aromatic carbocycles. The van der Waals surface area contributed by atoms with Crippen molar-refractivity contribution in [2.24, 2.45) is 0 Å². The molecule has 0 bridgehead atoms. The minimum atomic E-state index is -4.97. The fourth-order valence-electron chi connectivity index (χ4n) is 2.34. The summed E-state index contributed by atoms with van der Waals surface area (Å²) in [5.74, 6) is -5.26. The molecule has 1 aliphatic rings. The Labute approximate surface area is 172 Å². The van der Waals surface area contributed by atoms with E-state index < -0.39 is 61.2 Å². The van der Waals surface area contributed by atoms with Crippen LogP contribution < -0.4 is 14.2 Å². The molecular formula is C17H12ClF5N2O4S. The molecule has 0 spiro atoms. The highest BCUT2D eigenvalue weighted by molar-refractivity contribution is 7.92. The molecule has 1 unspecified atom stereocenters. The zero-order chi connectivity index (χ0) is 22.3. The quantitative estimate of drug-likeness (QED) is 0.571. The second-order valence-electron chi connectivity index (χ2n) is 6.24. The van der Waals surface area contributed by atoms with E-state index in [0.29, 0.717) is 25.0 Å². The monoisotopic (exact) mass is 470 g/mol. The van der Waals surface area contributed by atoms with Gasteiger partial charge in [0.05, 0.1) is 15.8 Å². The molecule has 1 saturated carbocycles. The van der Waals surface area contributed by atoms with Gasteiger partial charge in [0.15, 0.2) is 11.6 Å². The van der Waals surface area contributed by atoms with Crippen molar-refractivity contribution < 1.29 is 40.4 Å². The van der Waals surface area contributed by atoms with Gasteiger partial charge in [-0.25, -0.2) is 17.8 Å². The SMILES string of the molecule is N=S(=O)(NC(=O)c1cc(F)c(Oc2ccc(OC(F)(F)F)c(Cl)c2)cc1F)C1CC1. The Balaban J connectivity index is 1.78. The van der Waals surface area contributed by atoms with Crippen molar-refractivity contribution in [2.75, 3.05) is 0 Å². The Morgan fingerprint density at radius 3 is 2.37 bits per heavy atom. The first-order valence-electron chi connectivity index (χ1n) is 8.17. The van der Waals surface area contributed by atoms with E-state index in [1.807, 2.05) is 4.72 Å². The first-order valence-corrected chi connectivity index (χ1v) is 10.2. The minimum Gasteiger partial charge on any atom is -0.454 e. The van der Waals surface area contributed by atoms with Gasteiger partial charge < -0.3 is 9.47 Å². The number of carbonyl (C=O) groups is 1. The van der Waals surface area contributed by atoms with Crippen LogP contribution in [0.5, 0.6) is 17.2 Å². The van der Waals surface area contributed by atoms with Crippen LogP contribution in [0.3, 0.4) is 0 Å². The number of carbonyl (C=O) groups excluding carboxylic acids is 1. The fourth-order valence-corrected chi connectivity index (χ4v) is 3.90. The number of alkyl halides is 3. The van der Waals surface area contributed by atoms with Crippen LogP contribution >= 0.6 is 11.6 Å². The van der Waals surface area contributed by atoms with Gasteiger partial charge in [-0.2, -0.15) is 0 Å². The Morgan fingerprint density at radius 2 is 1.80 bits per heavy atom. The lowest BCUT2D eigenvalue weighted by molar-refractivity contribution is -0.274. The third kappa shape index (κ3) is 5.30. The second-order valence-corrected chi connectivity index (χ2v) is 8.72. The van der Waals surface area contributed by atoms with Crippen LogP contribution in [0.2, 0.25) is 5.02 Å². The van der Waals surface area contributed by atoms with Crippen LogP contribution in [0.4, 0.5) is 22.0 Å². The number of hydrogen-bond acceptors (Lipinski definition) is 5. The largest absolute Gasteiger partial charge is 0.573 e. The Bertz CT molecular complexity index is 1100. The second kappa shape index (κ2) is 7.91. The third-order valence-corrected chi connectivity index (χ3v) is 6.06. The highest BCUT2D eigenvalue weighted by Gasteiger charge is 2.35. The third-order valence-electron chi connectivity index (χ3n) is 3.86. The predicted octanol–water partition coefficient (Wildman–Crippen LogP) is 5.16. The van der Waals surface area contributed by atoms with Crippen molar-refractivity contribution in [1.29, 1.82) is 4.78 Å². The van der Waals surface area contributed by atoms with E-state index >= 15 is 0 Å². The van der Waals surface area contributed by atoms with E-state index in [1.54, 1.807) is 0 Å². The highest BCUT2D eigenvalue weighted by Crippen LogP contribution is 2.35.